The maximum absolute atomic E-state index is 10.6. The Morgan fingerprint density at radius 1 is 0.511 bits per heavy atom. The van der Waals surface area contributed by atoms with Crippen LogP contribution in [-0.2, 0) is 42.7 Å². The van der Waals surface area contributed by atoms with Crippen LogP contribution in [0.3, 0.4) is 0 Å². The van der Waals surface area contributed by atoms with Gasteiger partial charge in [-0.3, -0.25) is 0 Å². The van der Waals surface area contributed by atoms with Crippen molar-refractivity contribution in [2.24, 2.45) is 0 Å². The van der Waals surface area contributed by atoms with Crippen LogP contribution in [0.1, 0.15) is 132 Å². The first-order valence-corrected chi connectivity index (χ1v) is 29.1. The van der Waals surface area contributed by atoms with E-state index in [9.17, 15) is 13.7 Å². The summed E-state index contributed by atoms with van der Waals surface area (Å²) >= 11 is 0. The van der Waals surface area contributed by atoms with E-state index in [-0.39, 0.29) is 141 Å². The van der Waals surface area contributed by atoms with Gasteiger partial charge in [-0.2, -0.15) is 12.1 Å². The number of anilines is 4. The number of para-hydroxylation sites is 3. The minimum absolute atomic E-state index is 0. The number of ether oxygens (including phenoxy) is 1. The second-order valence-electron chi connectivity index (χ2n) is 25.6. The van der Waals surface area contributed by atoms with Gasteiger partial charge in [0, 0.05) is 78.0 Å². The molecule has 0 saturated heterocycles. The second kappa shape index (κ2) is 22.4. The normalized spacial score (nSPS) is 17.6. The molecule has 0 fully saturated rings. The van der Waals surface area contributed by atoms with Crippen molar-refractivity contribution in [3.8, 4) is 73.0 Å². The summed E-state index contributed by atoms with van der Waals surface area (Å²) < 4.78 is 195. The Hall–Kier alpha value is -8.76. The van der Waals surface area contributed by atoms with E-state index in [1.807, 2.05) is 115 Å². The van der Waals surface area contributed by atoms with Gasteiger partial charge < -0.3 is 19.1 Å². The first kappa shape index (κ1) is 39.2. The second-order valence-corrected chi connectivity index (χ2v) is 25.6. The number of hydrogen-bond donors (Lipinski definition) is 0. The Balaban J connectivity index is 0.0000103. The first-order chi connectivity index (χ1) is 50.2. The van der Waals surface area contributed by atoms with Gasteiger partial charge in [-0.05, 0) is 156 Å². The summed E-state index contributed by atoms with van der Waals surface area (Å²) in [5.74, 6) is 0.456. The number of fused-ring (bicyclic) bond motifs is 5. The zero-order valence-electron chi connectivity index (χ0n) is 70.4. The van der Waals surface area contributed by atoms with Gasteiger partial charge in [0.15, 0.2) is 0 Å². The molecule has 0 spiro atoms. The van der Waals surface area contributed by atoms with Crippen molar-refractivity contribution in [1.29, 1.82) is 0 Å². The zero-order valence-corrected chi connectivity index (χ0v) is 52.7. The van der Waals surface area contributed by atoms with Crippen molar-refractivity contribution < 1.29 is 53.2 Å². The number of aromatic nitrogens is 2. The third kappa shape index (κ3) is 10.7. The van der Waals surface area contributed by atoms with Crippen LogP contribution in [-0.4, -0.2) is 9.55 Å². The molecule has 0 unspecified atom stereocenters. The van der Waals surface area contributed by atoms with Gasteiger partial charge in [-0.25, -0.2) is 4.98 Å². The van der Waals surface area contributed by atoms with Gasteiger partial charge in [-0.1, -0.05) is 214 Å². The number of pyridine rings is 1. The molecular weight excluding hydrogens is 1250 g/mol. The summed E-state index contributed by atoms with van der Waals surface area (Å²) in [5, 5.41) is 0.533. The molecule has 10 aromatic carbocycles. The molecule has 3 heterocycles. The fourth-order valence-electron chi connectivity index (χ4n) is 11.9. The molecule has 0 N–H and O–H groups in total. The maximum Gasteiger partial charge on any atom is 0.135 e. The Morgan fingerprint density at radius 3 is 1.83 bits per heavy atom. The molecule has 0 radical (unpaired) electrons. The molecule has 1 aliphatic heterocycles. The molecule has 12 aromatic rings. The van der Waals surface area contributed by atoms with Crippen LogP contribution in [0.4, 0.5) is 22.7 Å². The predicted molar refractivity (Wildman–Crippen MR) is 364 cm³/mol. The van der Waals surface area contributed by atoms with Crippen molar-refractivity contribution in [3.05, 3.63) is 271 Å². The fraction of sp³-hybridized carbons (Fsp3) is 0.195. The van der Waals surface area contributed by atoms with Crippen LogP contribution >= 0.6 is 0 Å². The summed E-state index contributed by atoms with van der Waals surface area (Å²) in [6, 6.07) is 27.8. The molecule has 0 saturated carbocycles. The molecule has 5 nitrogen and oxygen atoms in total. The molecule has 0 atom stereocenters. The van der Waals surface area contributed by atoms with Crippen LogP contribution in [0.2, 0.25) is 0 Å². The van der Waals surface area contributed by atoms with Crippen LogP contribution in [0.15, 0.2) is 230 Å². The molecule has 2 aromatic heterocycles. The van der Waals surface area contributed by atoms with Gasteiger partial charge in [0.1, 0.15) is 5.82 Å². The van der Waals surface area contributed by atoms with Gasteiger partial charge in [0.25, 0.3) is 0 Å². The Morgan fingerprint density at radius 2 is 1.12 bits per heavy atom. The third-order valence-corrected chi connectivity index (χ3v) is 16.7. The van der Waals surface area contributed by atoms with E-state index in [0.717, 1.165) is 0 Å². The molecule has 0 bridgehead atoms. The third-order valence-electron chi connectivity index (χ3n) is 16.7. The number of hydrogen-bond acceptors (Lipinski definition) is 4. The van der Waals surface area contributed by atoms with Crippen LogP contribution < -0.4 is 14.5 Å². The predicted octanol–water partition coefficient (Wildman–Crippen LogP) is 22.3. The minimum atomic E-state index is -0.763. The maximum atomic E-state index is 10.6. The summed E-state index contributed by atoms with van der Waals surface area (Å²) in [4.78, 5) is 8.53. The summed E-state index contributed by atoms with van der Waals surface area (Å²) in [6.07, 6.45) is 2.78. The largest absolute Gasteiger partial charge is 0.509 e. The summed E-state index contributed by atoms with van der Waals surface area (Å²) in [7, 11) is 0. The molecular formula is C82H73N4OPt-3. The van der Waals surface area contributed by atoms with Gasteiger partial charge in [0.05, 0.1) is 27.4 Å². The summed E-state index contributed by atoms with van der Waals surface area (Å²) in [6.45, 7) is 21.6. The van der Waals surface area contributed by atoms with E-state index >= 15 is 0 Å². The van der Waals surface area contributed by atoms with Crippen LogP contribution in [0.5, 0.6) is 11.5 Å². The number of nitrogens with zero attached hydrogens (tertiary/aromatic N) is 4. The van der Waals surface area contributed by atoms with Crippen molar-refractivity contribution in [3.63, 3.8) is 0 Å². The zero-order chi connectivity index (χ0) is 77.4. The van der Waals surface area contributed by atoms with Crippen molar-refractivity contribution in [1.82, 2.24) is 9.55 Å². The molecule has 440 valence electrons. The van der Waals surface area contributed by atoms with Crippen molar-refractivity contribution >= 4 is 44.6 Å². The van der Waals surface area contributed by atoms with E-state index in [1.54, 1.807) is 78.0 Å². The van der Waals surface area contributed by atoms with E-state index in [4.69, 9.17) is 23.4 Å². The Kier molecular flexibility index (Phi) is 9.99. The SMILES string of the molecule is [2H]c1c([2H])c([2H])c(-c2cnc(-n3c4[c-]c(Oc5[c-]c(N6[CH-]N(c7c(-c8c([2H])c(-c9ccccc9)c([2H])c(-c9c([2H])c([2H])c([2H])c([2H])c9[2H])c8[2H])cc(C(C)(C)C)cc7-c7c([2H])c([2H])c8c(c7[2H])C(C)(C)CCC8(C)C)c7ccccc76)ccc5)ccc4c4c([2H])c([2H])c([2H])c([2H])c43)cc2C(C)(C)C)c([2H])c1[2H].[Pt]. The molecule has 88 heavy (non-hydrogen) atoms. The van der Waals surface area contributed by atoms with E-state index in [1.165, 1.54) is 6.20 Å². The molecule has 6 heteroatoms. The standard InChI is InChI=1S/C82H73N4O.Pt/c1-79(2,3)61-47-67(57-37-40-70-72(46-57)82(9,10)42-41-81(70,7)8)78(68(48-61)60-44-58(54-25-14-11-15-26-54)43-59(45-60)55-27-16-12-17-28-55)85-53-84(74-35-22-23-36-75(74)85)62-31-24-32-63(49-62)87-64-38-39-66-65-33-20-21-34-73(65)86(76(66)50-64)77-51-71(80(4,5)6)69(52-83-77)56-29-18-13-19-30-56;/h11-40,43-48,51-53H,41-42H2,1-10H3;/q-3;/i11D,13D,14D,15D,18D,19D,20D,21D,25D,26D,29D,30D,33D,34D,37D,40D,43D,44D,45D,46D;. The van der Waals surface area contributed by atoms with Crippen molar-refractivity contribution in [2.45, 2.75) is 104 Å². The topological polar surface area (TPSA) is 33.5 Å². The Bertz CT molecular complexity index is 5790. The van der Waals surface area contributed by atoms with Gasteiger partial charge in [-0.15, -0.1) is 48.1 Å². The van der Waals surface area contributed by atoms with Gasteiger partial charge >= 0.3 is 0 Å². The molecule has 14 rings (SSSR count). The minimum Gasteiger partial charge on any atom is -0.509 e. The fourth-order valence-corrected chi connectivity index (χ4v) is 11.9. The average molecular weight is 1350 g/mol. The quantitative estimate of drug-likeness (QED) is 0.128. The van der Waals surface area contributed by atoms with E-state index in [0.29, 0.717) is 63.1 Å². The van der Waals surface area contributed by atoms with Crippen LogP contribution in [0, 0.1) is 18.8 Å². The van der Waals surface area contributed by atoms with Crippen molar-refractivity contribution in [2.75, 3.05) is 9.80 Å². The average Bonchev–Trinajstić information content (AvgIpc) is 0.996. The first-order valence-electron chi connectivity index (χ1n) is 39.1. The summed E-state index contributed by atoms with van der Waals surface area (Å²) in [5.41, 5.74) is 2.01. The molecule has 0 amide bonds. The van der Waals surface area contributed by atoms with Gasteiger partial charge in [0.2, 0.25) is 0 Å². The number of rotatable bonds is 10. The van der Waals surface area contributed by atoms with Crippen LogP contribution in [0.25, 0.3) is 83.3 Å². The number of benzene rings is 10. The monoisotopic (exact) mass is 1340 g/mol. The Labute approximate surface area is 562 Å². The van der Waals surface area contributed by atoms with E-state index < -0.39 is 112 Å². The smallest absolute Gasteiger partial charge is 0.135 e. The molecule has 1 aliphatic carbocycles. The molecule has 2 aliphatic rings. The van der Waals surface area contributed by atoms with E-state index in [2.05, 4.69) is 12.1 Å².